The van der Waals surface area contributed by atoms with Crippen LogP contribution in [0, 0.1) is 0 Å². The zero-order valence-corrected chi connectivity index (χ0v) is 13.2. The normalized spacial score (nSPS) is 11.6. The van der Waals surface area contributed by atoms with Gasteiger partial charge in [0.15, 0.2) is 0 Å². The zero-order chi connectivity index (χ0) is 15.0. The molecule has 0 bridgehead atoms. The molecule has 0 atom stereocenters. The first-order chi connectivity index (χ1) is 9.44. The fourth-order valence-electron chi connectivity index (χ4n) is 2.03. The summed E-state index contributed by atoms with van der Waals surface area (Å²) in [4.78, 5) is 2.32. The Balaban J connectivity index is 2.66. The van der Waals surface area contributed by atoms with Gasteiger partial charge in [-0.2, -0.15) is 0 Å². The lowest BCUT2D eigenvalue weighted by atomic mass is 10.1. The Bertz CT molecular complexity index is 419. The van der Waals surface area contributed by atoms with Crippen LogP contribution in [0.4, 0.5) is 0 Å². The van der Waals surface area contributed by atoms with Gasteiger partial charge in [-0.15, -0.1) is 13.2 Å². The largest absolute Gasteiger partial charge is 0.308 e. The van der Waals surface area contributed by atoms with E-state index < -0.39 is 0 Å². The van der Waals surface area contributed by atoms with Crippen molar-refractivity contribution in [1.29, 1.82) is 0 Å². The summed E-state index contributed by atoms with van der Waals surface area (Å²) in [6.45, 7) is 17.8. The average Bonchev–Trinajstić information content (AvgIpc) is 2.37. The van der Waals surface area contributed by atoms with Crippen LogP contribution in [0.1, 0.15) is 31.9 Å². The first-order valence-electron chi connectivity index (χ1n) is 7.21. The third kappa shape index (κ3) is 6.69. The highest BCUT2D eigenvalue weighted by molar-refractivity contribution is 5.23. The van der Waals surface area contributed by atoms with E-state index in [9.17, 15) is 0 Å². The Labute approximate surface area is 124 Å². The second-order valence-corrected chi connectivity index (χ2v) is 6.19. The molecule has 0 spiro atoms. The highest BCUT2D eigenvalue weighted by Crippen LogP contribution is 2.10. The van der Waals surface area contributed by atoms with Crippen LogP contribution in [0.5, 0.6) is 0 Å². The van der Waals surface area contributed by atoms with Crippen molar-refractivity contribution in [1.82, 2.24) is 10.2 Å². The first-order valence-corrected chi connectivity index (χ1v) is 7.21. The van der Waals surface area contributed by atoms with Crippen LogP contribution in [0.2, 0.25) is 0 Å². The molecule has 0 fully saturated rings. The van der Waals surface area contributed by atoms with Gasteiger partial charge in [0, 0.05) is 31.7 Å². The molecule has 0 amide bonds. The summed E-state index contributed by atoms with van der Waals surface area (Å²) in [6.07, 6.45) is 3.88. The summed E-state index contributed by atoms with van der Waals surface area (Å²) in [7, 11) is 0. The van der Waals surface area contributed by atoms with E-state index in [1.807, 2.05) is 12.2 Å². The summed E-state index contributed by atoms with van der Waals surface area (Å²) in [5.74, 6) is 0. The lowest BCUT2D eigenvalue weighted by molar-refractivity contribution is 0.327. The second kappa shape index (κ2) is 8.03. The minimum Gasteiger partial charge on any atom is -0.308 e. The maximum atomic E-state index is 3.81. The van der Waals surface area contributed by atoms with E-state index in [0.29, 0.717) is 0 Å². The number of benzene rings is 1. The minimum absolute atomic E-state index is 0.147. The van der Waals surface area contributed by atoms with Gasteiger partial charge in [0.25, 0.3) is 0 Å². The summed E-state index contributed by atoms with van der Waals surface area (Å²) >= 11 is 0. The van der Waals surface area contributed by atoms with Crippen molar-refractivity contribution >= 4 is 0 Å². The molecule has 2 heteroatoms. The highest BCUT2D eigenvalue weighted by Gasteiger charge is 2.09. The van der Waals surface area contributed by atoms with Crippen molar-refractivity contribution in [2.75, 3.05) is 13.1 Å². The Morgan fingerprint density at radius 2 is 1.70 bits per heavy atom. The van der Waals surface area contributed by atoms with Crippen molar-refractivity contribution in [3.05, 3.63) is 60.7 Å². The molecule has 0 heterocycles. The molecule has 0 saturated carbocycles. The zero-order valence-electron chi connectivity index (χ0n) is 13.2. The Morgan fingerprint density at radius 3 is 2.25 bits per heavy atom. The lowest BCUT2D eigenvalue weighted by Crippen LogP contribution is -2.35. The van der Waals surface area contributed by atoms with E-state index in [4.69, 9.17) is 0 Å². The smallest absolute Gasteiger partial charge is 0.0240 e. The molecule has 0 aliphatic rings. The Kier molecular flexibility index (Phi) is 6.69. The maximum absolute atomic E-state index is 3.81. The fraction of sp³-hybridized carbons (Fsp3) is 0.444. The average molecular weight is 272 g/mol. The number of nitrogens with one attached hydrogen (secondary N) is 1. The van der Waals surface area contributed by atoms with Crippen LogP contribution >= 0.6 is 0 Å². The molecule has 1 aromatic carbocycles. The molecule has 2 nitrogen and oxygen atoms in total. The molecule has 0 aliphatic heterocycles. The van der Waals surface area contributed by atoms with E-state index in [0.717, 1.165) is 26.2 Å². The molecule has 20 heavy (non-hydrogen) atoms. The van der Waals surface area contributed by atoms with Gasteiger partial charge in [0.1, 0.15) is 0 Å². The van der Waals surface area contributed by atoms with Gasteiger partial charge in [-0.05, 0) is 31.9 Å². The van der Waals surface area contributed by atoms with E-state index in [1.165, 1.54) is 11.1 Å². The van der Waals surface area contributed by atoms with Gasteiger partial charge in [-0.1, -0.05) is 36.4 Å². The van der Waals surface area contributed by atoms with E-state index >= 15 is 0 Å². The maximum Gasteiger partial charge on any atom is 0.0240 e. The number of nitrogens with zero attached hydrogens (tertiary/aromatic N) is 1. The van der Waals surface area contributed by atoms with E-state index in [1.54, 1.807) is 0 Å². The summed E-state index contributed by atoms with van der Waals surface area (Å²) in [5, 5.41) is 3.52. The van der Waals surface area contributed by atoms with Crippen molar-refractivity contribution in [3.63, 3.8) is 0 Å². The topological polar surface area (TPSA) is 15.3 Å². The molecule has 0 aromatic heterocycles. The predicted octanol–water partition coefficient (Wildman–Crippen LogP) is 3.75. The molecule has 110 valence electrons. The number of hydrogen-bond donors (Lipinski definition) is 1. The van der Waals surface area contributed by atoms with Crippen LogP contribution in [-0.4, -0.2) is 23.5 Å². The van der Waals surface area contributed by atoms with Gasteiger partial charge in [-0.3, -0.25) is 4.90 Å². The number of hydrogen-bond acceptors (Lipinski definition) is 2. The first kappa shape index (κ1) is 16.7. The van der Waals surface area contributed by atoms with Gasteiger partial charge in [0.2, 0.25) is 0 Å². The monoisotopic (exact) mass is 272 g/mol. The van der Waals surface area contributed by atoms with Crippen LogP contribution in [0.25, 0.3) is 0 Å². The standard InChI is InChI=1S/C18H28N2/c1-6-11-20(12-7-2)15-17-10-8-9-16(13-17)14-19-18(3,4)5/h6-10,13,19H,1-2,11-12,14-15H2,3-5H3. The molecule has 0 saturated heterocycles. The van der Waals surface area contributed by atoms with Crippen molar-refractivity contribution in [3.8, 4) is 0 Å². The Hall–Kier alpha value is -1.38. The second-order valence-electron chi connectivity index (χ2n) is 6.19. The molecular weight excluding hydrogens is 244 g/mol. The molecule has 1 N–H and O–H groups in total. The van der Waals surface area contributed by atoms with Crippen molar-refractivity contribution < 1.29 is 0 Å². The summed E-state index contributed by atoms with van der Waals surface area (Å²) in [6, 6.07) is 8.76. The molecule has 1 aromatic rings. The molecule has 0 radical (unpaired) electrons. The third-order valence-electron chi connectivity index (χ3n) is 3.00. The molecule has 1 rings (SSSR count). The van der Waals surface area contributed by atoms with E-state index in [-0.39, 0.29) is 5.54 Å². The predicted molar refractivity (Wildman–Crippen MR) is 88.7 cm³/mol. The highest BCUT2D eigenvalue weighted by atomic mass is 15.1. The fourth-order valence-corrected chi connectivity index (χ4v) is 2.03. The quantitative estimate of drug-likeness (QED) is 0.725. The van der Waals surface area contributed by atoms with Crippen molar-refractivity contribution in [2.45, 2.75) is 39.4 Å². The van der Waals surface area contributed by atoms with Gasteiger partial charge in [0.05, 0.1) is 0 Å². The van der Waals surface area contributed by atoms with Gasteiger partial charge >= 0.3 is 0 Å². The third-order valence-corrected chi connectivity index (χ3v) is 3.00. The molecule has 0 unspecified atom stereocenters. The SMILES string of the molecule is C=CCN(CC=C)Cc1cccc(CNC(C)(C)C)c1. The van der Waals surface area contributed by atoms with Gasteiger partial charge < -0.3 is 5.32 Å². The minimum atomic E-state index is 0.147. The van der Waals surface area contributed by atoms with Crippen LogP contribution in [0.15, 0.2) is 49.6 Å². The van der Waals surface area contributed by atoms with E-state index in [2.05, 4.69) is 68.4 Å². The van der Waals surface area contributed by atoms with Crippen LogP contribution in [0.3, 0.4) is 0 Å². The van der Waals surface area contributed by atoms with Crippen molar-refractivity contribution in [2.24, 2.45) is 0 Å². The Morgan fingerprint density at radius 1 is 1.10 bits per heavy atom. The summed E-state index contributed by atoms with van der Waals surface area (Å²) in [5.41, 5.74) is 2.81. The van der Waals surface area contributed by atoms with Gasteiger partial charge in [-0.25, -0.2) is 0 Å². The summed E-state index contributed by atoms with van der Waals surface area (Å²) < 4.78 is 0. The van der Waals surface area contributed by atoms with Crippen LogP contribution < -0.4 is 5.32 Å². The molecular formula is C18H28N2. The number of rotatable bonds is 8. The lowest BCUT2D eigenvalue weighted by Gasteiger charge is -2.22. The molecule has 0 aliphatic carbocycles. The van der Waals surface area contributed by atoms with Crippen LogP contribution in [-0.2, 0) is 13.1 Å².